The van der Waals surface area contributed by atoms with E-state index in [2.05, 4.69) is 5.32 Å². The number of amides is 2. The van der Waals surface area contributed by atoms with Gasteiger partial charge in [-0.05, 0) is 42.3 Å². The van der Waals surface area contributed by atoms with Gasteiger partial charge in [-0.2, -0.15) is 0 Å². The Morgan fingerprint density at radius 3 is 2.75 bits per heavy atom. The molecular formula is C20H16Cl2N2O2S2. The van der Waals surface area contributed by atoms with Gasteiger partial charge >= 0.3 is 0 Å². The molecular weight excluding hydrogens is 435 g/mol. The number of anilines is 1. The van der Waals surface area contributed by atoms with Crippen LogP contribution in [0.1, 0.15) is 17.5 Å². The van der Waals surface area contributed by atoms with E-state index in [-0.39, 0.29) is 24.8 Å². The zero-order valence-corrected chi connectivity index (χ0v) is 18.0. The predicted molar refractivity (Wildman–Crippen MR) is 121 cm³/mol. The smallest absolute Gasteiger partial charge is 0.266 e. The van der Waals surface area contributed by atoms with Crippen LogP contribution in [-0.2, 0) is 9.59 Å². The largest absolute Gasteiger partial charge is 0.326 e. The van der Waals surface area contributed by atoms with Gasteiger partial charge in [0, 0.05) is 18.7 Å². The summed E-state index contributed by atoms with van der Waals surface area (Å²) >= 11 is 18.7. The molecule has 28 heavy (non-hydrogen) atoms. The molecule has 1 fully saturated rings. The number of benzene rings is 2. The third-order valence-corrected chi connectivity index (χ3v) is 6.22. The number of hydrogen-bond acceptors (Lipinski definition) is 4. The van der Waals surface area contributed by atoms with Crippen LogP contribution in [0.4, 0.5) is 5.69 Å². The summed E-state index contributed by atoms with van der Waals surface area (Å²) in [6.07, 6.45) is 1.81. The lowest BCUT2D eigenvalue weighted by Crippen LogP contribution is -2.31. The third kappa shape index (κ3) is 4.94. The highest BCUT2D eigenvalue weighted by molar-refractivity contribution is 8.26. The fourth-order valence-corrected chi connectivity index (χ4v) is 4.29. The molecule has 0 saturated carbocycles. The number of carbonyl (C=O) groups is 2. The van der Waals surface area contributed by atoms with Gasteiger partial charge in [0.25, 0.3) is 5.91 Å². The molecule has 144 valence electrons. The maximum Gasteiger partial charge on any atom is 0.266 e. The lowest BCUT2D eigenvalue weighted by molar-refractivity contribution is -0.122. The van der Waals surface area contributed by atoms with E-state index in [1.165, 1.54) is 16.7 Å². The van der Waals surface area contributed by atoms with Crippen LogP contribution in [0.2, 0.25) is 10.0 Å². The Bertz CT molecular complexity index is 992. The number of thiocarbonyl (C=S) groups is 1. The van der Waals surface area contributed by atoms with Crippen molar-refractivity contribution in [1.29, 1.82) is 0 Å². The van der Waals surface area contributed by atoms with Gasteiger partial charge in [0.2, 0.25) is 5.91 Å². The number of nitrogens with one attached hydrogen (secondary N) is 1. The molecule has 0 radical (unpaired) electrons. The fraction of sp³-hybridized carbons (Fsp3) is 0.150. The van der Waals surface area contributed by atoms with Crippen LogP contribution >= 0.6 is 47.2 Å². The number of halogens is 2. The topological polar surface area (TPSA) is 49.4 Å². The minimum atomic E-state index is -0.241. The average molecular weight is 451 g/mol. The summed E-state index contributed by atoms with van der Waals surface area (Å²) in [5, 5.41) is 3.62. The molecule has 0 atom stereocenters. The van der Waals surface area contributed by atoms with Crippen LogP contribution < -0.4 is 5.32 Å². The molecule has 1 aliphatic heterocycles. The summed E-state index contributed by atoms with van der Waals surface area (Å²) in [5.74, 6) is -0.420. The molecule has 3 rings (SSSR count). The third-order valence-electron chi connectivity index (χ3n) is 4.01. The molecule has 2 amide bonds. The SMILES string of the molecule is Cc1cccc(NC(=O)CCN2C(=O)/C(=C/c3cccc(Cl)c3Cl)SC2=S)c1. The number of hydrogen-bond donors (Lipinski definition) is 1. The van der Waals surface area contributed by atoms with Gasteiger partial charge in [-0.15, -0.1) is 0 Å². The summed E-state index contributed by atoms with van der Waals surface area (Å²) in [6.45, 7) is 2.16. The van der Waals surface area contributed by atoms with E-state index in [1.807, 2.05) is 31.2 Å². The number of aryl methyl sites for hydroxylation is 1. The van der Waals surface area contributed by atoms with Gasteiger partial charge in [0.15, 0.2) is 0 Å². The van der Waals surface area contributed by atoms with E-state index < -0.39 is 0 Å². The monoisotopic (exact) mass is 450 g/mol. The van der Waals surface area contributed by atoms with E-state index >= 15 is 0 Å². The van der Waals surface area contributed by atoms with E-state index in [0.29, 0.717) is 24.8 Å². The Labute approximate surface area is 182 Å². The van der Waals surface area contributed by atoms with Gasteiger partial charge in [-0.25, -0.2) is 0 Å². The Hall–Kier alpha value is -1.86. The van der Waals surface area contributed by atoms with Crippen molar-refractivity contribution in [3.63, 3.8) is 0 Å². The molecule has 0 unspecified atom stereocenters. The molecule has 0 spiro atoms. The molecule has 1 saturated heterocycles. The molecule has 2 aromatic carbocycles. The zero-order chi connectivity index (χ0) is 20.3. The van der Waals surface area contributed by atoms with Crippen molar-refractivity contribution in [2.24, 2.45) is 0 Å². The van der Waals surface area contributed by atoms with E-state index in [1.54, 1.807) is 24.3 Å². The number of thioether (sulfide) groups is 1. The van der Waals surface area contributed by atoms with Gasteiger partial charge in [-0.3, -0.25) is 14.5 Å². The number of rotatable bonds is 5. The molecule has 0 bridgehead atoms. The Morgan fingerprint density at radius 2 is 2.00 bits per heavy atom. The lowest BCUT2D eigenvalue weighted by Gasteiger charge is -2.14. The second-order valence-corrected chi connectivity index (χ2v) is 8.60. The Kier molecular flexibility index (Phi) is 6.78. The van der Waals surface area contributed by atoms with Gasteiger partial charge in [0.05, 0.1) is 15.0 Å². The van der Waals surface area contributed by atoms with E-state index in [0.717, 1.165) is 11.3 Å². The van der Waals surface area contributed by atoms with E-state index in [4.69, 9.17) is 35.4 Å². The standard InChI is InChI=1S/C20H16Cl2N2O2S2/c1-12-4-2-6-14(10-12)23-17(25)8-9-24-19(26)16(28-20(24)27)11-13-5-3-7-15(21)18(13)22/h2-7,10-11H,8-9H2,1H3,(H,23,25)/b16-11-. The van der Waals surface area contributed by atoms with Crippen LogP contribution in [0.5, 0.6) is 0 Å². The van der Waals surface area contributed by atoms with Crippen molar-refractivity contribution >= 4 is 75.1 Å². The highest BCUT2D eigenvalue weighted by Crippen LogP contribution is 2.35. The van der Waals surface area contributed by atoms with Crippen LogP contribution in [-0.4, -0.2) is 27.6 Å². The normalized spacial score (nSPS) is 15.4. The van der Waals surface area contributed by atoms with Crippen molar-refractivity contribution in [3.05, 3.63) is 68.5 Å². The average Bonchev–Trinajstić information content (AvgIpc) is 2.90. The quantitative estimate of drug-likeness (QED) is 0.480. The van der Waals surface area contributed by atoms with Gasteiger partial charge in [-0.1, -0.05) is 71.4 Å². The summed E-state index contributed by atoms with van der Waals surface area (Å²) in [6, 6.07) is 12.7. The molecule has 1 heterocycles. The van der Waals surface area contributed by atoms with Crippen molar-refractivity contribution in [3.8, 4) is 0 Å². The molecule has 8 heteroatoms. The van der Waals surface area contributed by atoms with Gasteiger partial charge in [0.1, 0.15) is 4.32 Å². The Balaban J connectivity index is 1.64. The first-order valence-electron chi connectivity index (χ1n) is 8.41. The van der Waals surface area contributed by atoms with Crippen LogP contribution in [0.25, 0.3) is 6.08 Å². The van der Waals surface area contributed by atoms with Crippen molar-refractivity contribution in [1.82, 2.24) is 4.90 Å². The predicted octanol–water partition coefficient (Wildman–Crippen LogP) is 5.53. The fourth-order valence-electron chi connectivity index (χ4n) is 2.63. The molecule has 0 aliphatic carbocycles. The molecule has 4 nitrogen and oxygen atoms in total. The molecule has 1 N–H and O–H groups in total. The summed E-state index contributed by atoms with van der Waals surface area (Å²) in [5.41, 5.74) is 2.43. The molecule has 1 aliphatic rings. The zero-order valence-electron chi connectivity index (χ0n) is 14.9. The highest BCUT2D eigenvalue weighted by Gasteiger charge is 2.32. The number of nitrogens with zero attached hydrogens (tertiary/aromatic N) is 1. The van der Waals surface area contributed by atoms with Crippen molar-refractivity contribution in [2.75, 3.05) is 11.9 Å². The first-order valence-corrected chi connectivity index (χ1v) is 10.4. The maximum absolute atomic E-state index is 12.7. The first-order chi connectivity index (χ1) is 13.3. The van der Waals surface area contributed by atoms with Crippen molar-refractivity contribution in [2.45, 2.75) is 13.3 Å². The second kappa shape index (κ2) is 9.09. The minimum Gasteiger partial charge on any atom is -0.326 e. The Morgan fingerprint density at radius 1 is 1.25 bits per heavy atom. The van der Waals surface area contributed by atoms with E-state index in [9.17, 15) is 9.59 Å². The summed E-state index contributed by atoms with van der Waals surface area (Å²) in [7, 11) is 0. The maximum atomic E-state index is 12.7. The second-order valence-electron chi connectivity index (χ2n) is 6.14. The number of carbonyl (C=O) groups excluding carboxylic acids is 2. The molecule has 2 aromatic rings. The van der Waals surface area contributed by atoms with Crippen LogP contribution in [0, 0.1) is 6.92 Å². The van der Waals surface area contributed by atoms with Crippen LogP contribution in [0.3, 0.4) is 0 Å². The summed E-state index contributed by atoms with van der Waals surface area (Å²) < 4.78 is 0.415. The van der Waals surface area contributed by atoms with Crippen LogP contribution in [0.15, 0.2) is 47.4 Å². The molecule has 0 aromatic heterocycles. The van der Waals surface area contributed by atoms with Gasteiger partial charge < -0.3 is 5.32 Å². The highest BCUT2D eigenvalue weighted by atomic mass is 35.5. The minimum absolute atomic E-state index is 0.144. The summed E-state index contributed by atoms with van der Waals surface area (Å²) in [4.78, 5) is 26.8. The van der Waals surface area contributed by atoms with Crippen molar-refractivity contribution < 1.29 is 9.59 Å². The first kappa shape index (κ1) is 20.9. The lowest BCUT2D eigenvalue weighted by atomic mass is 10.2.